The van der Waals surface area contributed by atoms with Gasteiger partial charge in [0.2, 0.25) is 0 Å². The first kappa shape index (κ1) is 25.5. The quantitative estimate of drug-likeness (QED) is 0.406. The number of Topliss-reactive ketones (excluding diaryl/α,β-unsaturated/α-hetero) is 1. The molecule has 4 nitrogen and oxygen atoms in total. The molecule has 2 aliphatic rings. The summed E-state index contributed by atoms with van der Waals surface area (Å²) in [5.41, 5.74) is 5.22. The maximum Gasteiger partial charge on any atom is 0.178 e. The van der Waals surface area contributed by atoms with E-state index in [-0.39, 0.29) is 35.1 Å². The van der Waals surface area contributed by atoms with Crippen molar-refractivity contribution in [1.82, 2.24) is 0 Å². The molecule has 0 saturated heterocycles. The molecule has 0 amide bonds. The molecule has 0 bridgehead atoms. The van der Waals surface area contributed by atoms with E-state index in [1.54, 1.807) is 24.3 Å². The summed E-state index contributed by atoms with van der Waals surface area (Å²) in [6.07, 6.45) is 4.22. The first-order chi connectivity index (χ1) is 16.6. The van der Waals surface area contributed by atoms with Gasteiger partial charge in [-0.05, 0) is 92.3 Å². The van der Waals surface area contributed by atoms with Gasteiger partial charge < -0.3 is 0 Å². The Morgan fingerprint density at radius 3 is 2.20 bits per heavy atom. The number of aliphatic imine (C=N–C) groups is 1. The van der Waals surface area contributed by atoms with Crippen LogP contribution in [0.5, 0.6) is 0 Å². The molecule has 4 rings (SSSR count). The lowest BCUT2D eigenvalue weighted by molar-refractivity contribution is -0.124. The van der Waals surface area contributed by atoms with Crippen molar-refractivity contribution in [3.63, 3.8) is 0 Å². The third-order valence-corrected chi connectivity index (χ3v) is 9.39. The number of benzene rings is 2. The number of nitrogens with zero attached hydrogens (tertiary/aromatic N) is 1. The Balaban J connectivity index is 1.29. The van der Waals surface area contributed by atoms with Gasteiger partial charge in [0.15, 0.2) is 9.84 Å². The molecule has 6 heteroatoms. The zero-order valence-corrected chi connectivity index (χ0v) is 21.6. The van der Waals surface area contributed by atoms with Crippen LogP contribution in [0.2, 0.25) is 0 Å². The number of sulfone groups is 1. The van der Waals surface area contributed by atoms with E-state index in [0.717, 1.165) is 60.2 Å². The van der Waals surface area contributed by atoms with E-state index < -0.39 is 9.84 Å². The summed E-state index contributed by atoms with van der Waals surface area (Å²) in [4.78, 5) is 17.7. The van der Waals surface area contributed by atoms with Crippen molar-refractivity contribution in [1.29, 1.82) is 0 Å². The molecule has 186 valence electrons. The summed E-state index contributed by atoms with van der Waals surface area (Å²) in [6.45, 7) is 5.98. The Morgan fingerprint density at radius 2 is 1.63 bits per heavy atom. The average Bonchev–Trinajstić information content (AvgIpc) is 3.17. The Labute approximate surface area is 208 Å². The summed E-state index contributed by atoms with van der Waals surface area (Å²) in [6, 6.07) is 13.5. The summed E-state index contributed by atoms with van der Waals surface area (Å²) in [7, 11) is -3.38. The van der Waals surface area contributed by atoms with Crippen LogP contribution in [0.15, 0.2) is 64.1 Å². The fraction of sp³-hybridized carbons (Fsp3) is 0.448. The van der Waals surface area contributed by atoms with Crippen LogP contribution in [0.4, 0.5) is 4.39 Å². The minimum Gasteiger partial charge on any atom is -0.299 e. The van der Waals surface area contributed by atoms with Crippen molar-refractivity contribution in [3.05, 3.63) is 71.2 Å². The van der Waals surface area contributed by atoms with Gasteiger partial charge in [0, 0.05) is 30.2 Å². The predicted octanol–water partition coefficient (Wildman–Crippen LogP) is 6.76. The fourth-order valence-electron chi connectivity index (χ4n) is 5.39. The van der Waals surface area contributed by atoms with Crippen molar-refractivity contribution in [2.75, 3.05) is 5.75 Å². The van der Waals surface area contributed by atoms with Crippen molar-refractivity contribution >= 4 is 26.9 Å². The number of rotatable bonds is 8. The van der Waals surface area contributed by atoms with Gasteiger partial charge in [-0.2, -0.15) is 0 Å². The molecule has 0 radical (unpaired) electrons. The van der Waals surface area contributed by atoms with Crippen LogP contribution in [0.3, 0.4) is 0 Å². The molecule has 1 heterocycles. The molecule has 2 aromatic rings. The van der Waals surface area contributed by atoms with E-state index in [1.165, 1.54) is 12.1 Å². The van der Waals surface area contributed by atoms with Crippen molar-refractivity contribution in [3.8, 4) is 0 Å². The summed E-state index contributed by atoms with van der Waals surface area (Å²) in [5.74, 6) is 0.197. The Bertz CT molecular complexity index is 1240. The summed E-state index contributed by atoms with van der Waals surface area (Å²) in [5, 5.41) is 0. The van der Waals surface area contributed by atoms with Crippen LogP contribution in [0, 0.1) is 17.7 Å². The van der Waals surface area contributed by atoms with Gasteiger partial charge in [0.05, 0.1) is 10.6 Å². The third-order valence-electron chi connectivity index (χ3n) is 7.49. The monoisotopic (exact) mass is 495 g/mol. The zero-order chi connectivity index (χ0) is 25.2. The van der Waals surface area contributed by atoms with Crippen LogP contribution in [-0.4, -0.2) is 25.7 Å². The normalized spacial score (nSPS) is 21.7. The molecule has 1 aliphatic carbocycles. The second-order valence-electron chi connectivity index (χ2n) is 10.2. The van der Waals surface area contributed by atoms with E-state index in [0.29, 0.717) is 11.3 Å². The SMILES string of the molecule is CC1=NC(C)=C(c2ccc(S(=O)(=O)CC3CCC(C(=O)C[C@H](C)c4ccc(F)cc4)CC3)cc2)C1. The smallest absolute Gasteiger partial charge is 0.178 e. The Hall–Kier alpha value is -2.60. The first-order valence-corrected chi connectivity index (χ1v) is 14.1. The van der Waals surface area contributed by atoms with Gasteiger partial charge >= 0.3 is 0 Å². The number of carbonyl (C=O) groups excluding carboxylic acids is 1. The second-order valence-corrected chi connectivity index (χ2v) is 12.3. The molecular weight excluding hydrogens is 461 g/mol. The highest BCUT2D eigenvalue weighted by molar-refractivity contribution is 7.91. The van der Waals surface area contributed by atoms with Crippen molar-refractivity contribution in [2.24, 2.45) is 16.8 Å². The van der Waals surface area contributed by atoms with E-state index >= 15 is 0 Å². The minimum atomic E-state index is -3.38. The number of allylic oxidation sites excluding steroid dienone is 2. The standard InChI is InChI=1S/C29H34FNO3S/c1-19(23-8-12-26(30)13-9-23)16-29(32)25-6-4-22(5-7-25)18-35(33,34)27-14-10-24(11-15-27)28-17-20(2)31-21(28)3/h8-15,19,22,25H,4-7,16-18H2,1-3H3/t19-,22?,25?/m0/s1. The molecule has 0 aromatic heterocycles. The predicted molar refractivity (Wildman–Crippen MR) is 139 cm³/mol. The van der Waals surface area contributed by atoms with E-state index in [2.05, 4.69) is 4.99 Å². The van der Waals surface area contributed by atoms with Crippen LogP contribution in [-0.2, 0) is 14.6 Å². The van der Waals surface area contributed by atoms with E-state index in [9.17, 15) is 17.6 Å². The maximum absolute atomic E-state index is 13.2. The van der Waals surface area contributed by atoms with Gasteiger partial charge in [-0.25, -0.2) is 12.8 Å². The third kappa shape index (κ3) is 6.16. The lowest BCUT2D eigenvalue weighted by Crippen LogP contribution is -2.26. The Kier molecular flexibility index (Phi) is 7.70. The molecule has 1 saturated carbocycles. The molecule has 0 spiro atoms. The summed E-state index contributed by atoms with van der Waals surface area (Å²) >= 11 is 0. The van der Waals surface area contributed by atoms with Crippen LogP contribution >= 0.6 is 0 Å². The van der Waals surface area contributed by atoms with Crippen molar-refractivity contribution < 1.29 is 17.6 Å². The maximum atomic E-state index is 13.2. The largest absolute Gasteiger partial charge is 0.299 e. The second kappa shape index (κ2) is 10.6. The lowest BCUT2D eigenvalue weighted by atomic mass is 9.78. The fourth-order valence-corrected chi connectivity index (χ4v) is 7.08. The van der Waals surface area contributed by atoms with Gasteiger partial charge in [0.25, 0.3) is 0 Å². The first-order valence-electron chi connectivity index (χ1n) is 12.5. The number of carbonyl (C=O) groups is 1. The molecule has 1 aliphatic heterocycles. The lowest BCUT2D eigenvalue weighted by Gasteiger charge is -2.28. The number of halogens is 1. The zero-order valence-electron chi connectivity index (χ0n) is 20.8. The molecular formula is C29H34FNO3S. The average molecular weight is 496 g/mol. The van der Waals surface area contributed by atoms with E-state index in [4.69, 9.17) is 0 Å². The molecule has 1 fully saturated rings. The number of ketones is 1. The number of hydrogen-bond donors (Lipinski definition) is 0. The Morgan fingerprint density at radius 1 is 1.00 bits per heavy atom. The van der Waals surface area contributed by atoms with Gasteiger partial charge in [0.1, 0.15) is 11.6 Å². The molecule has 1 atom stereocenters. The van der Waals surface area contributed by atoms with E-state index in [1.807, 2.05) is 32.9 Å². The molecule has 0 N–H and O–H groups in total. The number of hydrogen-bond acceptors (Lipinski definition) is 4. The van der Waals surface area contributed by atoms with Gasteiger partial charge in [-0.15, -0.1) is 0 Å². The van der Waals surface area contributed by atoms with Crippen molar-refractivity contribution in [2.45, 2.75) is 70.1 Å². The summed E-state index contributed by atoms with van der Waals surface area (Å²) < 4.78 is 39.3. The van der Waals surface area contributed by atoms with Gasteiger partial charge in [-0.3, -0.25) is 9.79 Å². The van der Waals surface area contributed by atoms with Gasteiger partial charge in [-0.1, -0.05) is 31.2 Å². The van der Waals surface area contributed by atoms with Crippen LogP contribution < -0.4 is 0 Å². The highest BCUT2D eigenvalue weighted by atomic mass is 32.2. The highest BCUT2D eigenvalue weighted by Crippen LogP contribution is 2.34. The minimum absolute atomic E-state index is 0.00950. The molecule has 2 aromatic carbocycles. The van der Waals surface area contributed by atoms with Crippen LogP contribution in [0.1, 0.15) is 76.3 Å². The molecule has 0 unspecified atom stereocenters. The topological polar surface area (TPSA) is 63.6 Å². The van der Waals surface area contributed by atoms with Crippen LogP contribution in [0.25, 0.3) is 5.57 Å². The highest BCUT2D eigenvalue weighted by Gasteiger charge is 2.30. The molecule has 35 heavy (non-hydrogen) atoms.